The molecule has 2 aromatic carbocycles. The van der Waals surface area contributed by atoms with E-state index in [0.29, 0.717) is 0 Å². The van der Waals surface area contributed by atoms with E-state index in [4.69, 9.17) is 5.73 Å². The van der Waals surface area contributed by atoms with Gasteiger partial charge >= 0.3 is 0 Å². The summed E-state index contributed by atoms with van der Waals surface area (Å²) < 4.78 is 0. The molecule has 1 fully saturated rings. The predicted octanol–water partition coefficient (Wildman–Crippen LogP) is 3.84. The van der Waals surface area contributed by atoms with Gasteiger partial charge in [0, 0.05) is 18.6 Å². The quantitative estimate of drug-likeness (QED) is 0.871. The van der Waals surface area contributed by atoms with Crippen molar-refractivity contribution in [3.63, 3.8) is 0 Å². The van der Waals surface area contributed by atoms with E-state index in [1.807, 2.05) is 6.07 Å². The van der Waals surface area contributed by atoms with Crippen molar-refractivity contribution in [2.75, 3.05) is 13.1 Å². The number of benzene rings is 2. The monoisotopic (exact) mass is 280 g/mol. The lowest BCUT2D eigenvalue weighted by molar-refractivity contribution is 0.260. The van der Waals surface area contributed by atoms with Crippen molar-refractivity contribution in [2.24, 2.45) is 5.73 Å². The molecule has 1 aliphatic carbocycles. The number of likely N-dealkylation sites (N-methyl/N-ethyl adjacent to an activating group) is 1. The predicted molar refractivity (Wildman–Crippen MR) is 89.1 cm³/mol. The Balaban J connectivity index is 1.68. The van der Waals surface area contributed by atoms with Crippen molar-refractivity contribution in [3.8, 4) is 11.1 Å². The van der Waals surface area contributed by atoms with Gasteiger partial charge in [-0.2, -0.15) is 0 Å². The van der Waals surface area contributed by atoms with Crippen LogP contribution in [0.1, 0.15) is 31.4 Å². The second-order valence-corrected chi connectivity index (χ2v) is 5.91. The molecule has 0 aromatic heterocycles. The van der Waals surface area contributed by atoms with Crippen molar-refractivity contribution in [1.29, 1.82) is 0 Å². The molecule has 2 heteroatoms. The van der Waals surface area contributed by atoms with Crippen LogP contribution in [0.5, 0.6) is 0 Å². The van der Waals surface area contributed by atoms with E-state index in [1.54, 1.807) is 0 Å². The number of hydrogen-bond acceptors (Lipinski definition) is 2. The zero-order valence-electron chi connectivity index (χ0n) is 12.7. The molecule has 110 valence electrons. The van der Waals surface area contributed by atoms with E-state index < -0.39 is 0 Å². The van der Waals surface area contributed by atoms with E-state index in [9.17, 15) is 0 Å². The maximum Gasteiger partial charge on any atom is 0.0424 e. The fraction of sp³-hybridized carbons (Fsp3) is 0.368. The smallest absolute Gasteiger partial charge is 0.0424 e. The van der Waals surface area contributed by atoms with E-state index in [2.05, 4.69) is 60.4 Å². The van der Waals surface area contributed by atoms with Crippen LogP contribution >= 0.6 is 0 Å². The Morgan fingerprint density at radius 1 is 1.00 bits per heavy atom. The molecule has 0 radical (unpaired) electrons. The van der Waals surface area contributed by atoms with Gasteiger partial charge in [0.1, 0.15) is 0 Å². The van der Waals surface area contributed by atoms with E-state index in [-0.39, 0.29) is 6.04 Å². The molecule has 1 atom stereocenters. The molecule has 0 amide bonds. The highest BCUT2D eigenvalue weighted by molar-refractivity contribution is 5.63. The molecular formula is C19H24N2. The molecule has 21 heavy (non-hydrogen) atoms. The van der Waals surface area contributed by atoms with Crippen LogP contribution < -0.4 is 5.73 Å². The summed E-state index contributed by atoms with van der Waals surface area (Å²) in [5.74, 6) is 0. The van der Waals surface area contributed by atoms with Gasteiger partial charge in [-0.25, -0.2) is 0 Å². The molecule has 0 spiro atoms. The third-order valence-corrected chi connectivity index (χ3v) is 4.35. The van der Waals surface area contributed by atoms with Crippen LogP contribution in [0, 0.1) is 0 Å². The average molecular weight is 280 g/mol. The first-order valence-corrected chi connectivity index (χ1v) is 7.93. The molecule has 0 aliphatic heterocycles. The molecule has 3 rings (SSSR count). The molecule has 1 unspecified atom stereocenters. The standard InChI is InChI=1S/C19H24N2/c1-2-21(18-12-13-18)14-19(20)17-10-8-16(9-11-17)15-6-4-3-5-7-15/h3-11,18-19H,2,12-14,20H2,1H3. The summed E-state index contributed by atoms with van der Waals surface area (Å²) in [6.07, 6.45) is 2.68. The Morgan fingerprint density at radius 2 is 1.62 bits per heavy atom. The zero-order valence-corrected chi connectivity index (χ0v) is 12.7. The minimum Gasteiger partial charge on any atom is -0.323 e. The van der Waals surface area contributed by atoms with Crippen LogP contribution in [-0.4, -0.2) is 24.0 Å². The maximum absolute atomic E-state index is 6.38. The molecule has 2 nitrogen and oxygen atoms in total. The summed E-state index contributed by atoms with van der Waals surface area (Å²) >= 11 is 0. The first-order valence-electron chi connectivity index (χ1n) is 7.93. The Labute approximate surface area is 127 Å². The number of rotatable bonds is 6. The number of nitrogens with zero attached hydrogens (tertiary/aromatic N) is 1. The Hall–Kier alpha value is -1.64. The van der Waals surface area contributed by atoms with Crippen LogP contribution in [0.25, 0.3) is 11.1 Å². The highest BCUT2D eigenvalue weighted by Crippen LogP contribution is 2.28. The van der Waals surface area contributed by atoms with Crippen molar-refractivity contribution in [1.82, 2.24) is 4.90 Å². The maximum atomic E-state index is 6.38. The topological polar surface area (TPSA) is 29.3 Å². The van der Waals surface area contributed by atoms with Gasteiger partial charge in [-0.05, 0) is 36.1 Å². The summed E-state index contributed by atoms with van der Waals surface area (Å²) in [6, 6.07) is 20.1. The lowest BCUT2D eigenvalue weighted by atomic mass is 10.0. The molecule has 0 saturated heterocycles. The van der Waals surface area contributed by atoms with Crippen molar-refractivity contribution >= 4 is 0 Å². The first-order chi connectivity index (χ1) is 10.3. The SMILES string of the molecule is CCN(CC(N)c1ccc(-c2ccccc2)cc1)C1CC1. The molecule has 1 aliphatic rings. The minimum atomic E-state index is 0.107. The Bertz CT molecular complexity index is 558. The van der Waals surface area contributed by atoms with Gasteiger partial charge in [0.2, 0.25) is 0 Å². The van der Waals surface area contributed by atoms with Gasteiger partial charge in [-0.3, -0.25) is 4.90 Å². The molecule has 1 saturated carbocycles. The van der Waals surface area contributed by atoms with Crippen LogP contribution in [-0.2, 0) is 0 Å². The largest absolute Gasteiger partial charge is 0.323 e. The molecule has 2 N–H and O–H groups in total. The normalized spacial score (nSPS) is 16.1. The Kier molecular flexibility index (Phi) is 4.37. The van der Waals surface area contributed by atoms with E-state index >= 15 is 0 Å². The third-order valence-electron chi connectivity index (χ3n) is 4.35. The fourth-order valence-electron chi connectivity index (χ4n) is 2.89. The van der Waals surface area contributed by atoms with Crippen molar-refractivity contribution in [3.05, 3.63) is 60.2 Å². The lowest BCUT2D eigenvalue weighted by Gasteiger charge is -2.24. The minimum absolute atomic E-state index is 0.107. The summed E-state index contributed by atoms with van der Waals surface area (Å²) in [4.78, 5) is 2.51. The zero-order chi connectivity index (χ0) is 14.7. The van der Waals surface area contributed by atoms with Gasteiger partial charge in [-0.1, -0.05) is 61.5 Å². The van der Waals surface area contributed by atoms with Crippen LogP contribution in [0.15, 0.2) is 54.6 Å². The van der Waals surface area contributed by atoms with Crippen molar-refractivity contribution in [2.45, 2.75) is 31.8 Å². The summed E-state index contributed by atoms with van der Waals surface area (Å²) in [6.45, 7) is 4.29. The second-order valence-electron chi connectivity index (χ2n) is 5.91. The van der Waals surface area contributed by atoms with Gasteiger partial charge in [0.15, 0.2) is 0 Å². The lowest BCUT2D eigenvalue weighted by Crippen LogP contribution is -2.33. The van der Waals surface area contributed by atoms with Gasteiger partial charge in [-0.15, -0.1) is 0 Å². The number of hydrogen-bond donors (Lipinski definition) is 1. The molecule has 0 heterocycles. The third kappa shape index (κ3) is 3.52. The molecule has 0 bridgehead atoms. The second kappa shape index (κ2) is 6.42. The van der Waals surface area contributed by atoms with Crippen LogP contribution in [0.3, 0.4) is 0 Å². The molecular weight excluding hydrogens is 256 g/mol. The summed E-state index contributed by atoms with van der Waals surface area (Å²) in [5.41, 5.74) is 10.1. The fourth-order valence-corrected chi connectivity index (χ4v) is 2.89. The van der Waals surface area contributed by atoms with Crippen LogP contribution in [0.2, 0.25) is 0 Å². The summed E-state index contributed by atoms with van der Waals surface area (Å²) in [5, 5.41) is 0. The van der Waals surface area contributed by atoms with E-state index in [1.165, 1.54) is 29.5 Å². The highest BCUT2D eigenvalue weighted by Gasteiger charge is 2.28. The van der Waals surface area contributed by atoms with E-state index in [0.717, 1.165) is 19.1 Å². The Morgan fingerprint density at radius 3 is 2.19 bits per heavy atom. The van der Waals surface area contributed by atoms with Gasteiger partial charge in [0.25, 0.3) is 0 Å². The first kappa shape index (κ1) is 14.3. The van der Waals surface area contributed by atoms with Gasteiger partial charge in [0.05, 0.1) is 0 Å². The molecule has 2 aromatic rings. The van der Waals surface area contributed by atoms with Crippen LogP contribution in [0.4, 0.5) is 0 Å². The summed E-state index contributed by atoms with van der Waals surface area (Å²) in [7, 11) is 0. The van der Waals surface area contributed by atoms with Gasteiger partial charge < -0.3 is 5.73 Å². The number of nitrogens with two attached hydrogens (primary N) is 1. The average Bonchev–Trinajstić information content (AvgIpc) is 3.38. The highest BCUT2D eigenvalue weighted by atomic mass is 15.2. The van der Waals surface area contributed by atoms with Crippen molar-refractivity contribution < 1.29 is 0 Å².